The molecule has 0 fully saturated rings. The summed E-state index contributed by atoms with van der Waals surface area (Å²) in [6.07, 6.45) is 5.17. The average Bonchev–Trinajstić information content (AvgIpc) is 2.88. The van der Waals surface area contributed by atoms with Gasteiger partial charge in [-0.25, -0.2) is 9.79 Å². The normalized spacial score (nSPS) is 16.1. The lowest BCUT2D eigenvalue weighted by atomic mass is 10.2. The van der Waals surface area contributed by atoms with E-state index in [9.17, 15) is 4.79 Å². The first kappa shape index (κ1) is 14.3. The van der Waals surface area contributed by atoms with E-state index in [4.69, 9.17) is 16.3 Å². The molecule has 2 aromatic carbocycles. The number of carbonyl (C=O) groups excluding carboxylic acids is 1. The van der Waals surface area contributed by atoms with E-state index < -0.39 is 5.97 Å². The number of halogens is 1. The summed E-state index contributed by atoms with van der Waals surface area (Å²) < 4.78 is 5.12. The van der Waals surface area contributed by atoms with Crippen molar-refractivity contribution in [2.24, 2.45) is 4.99 Å². The van der Waals surface area contributed by atoms with E-state index in [0.717, 1.165) is 11.1 Å². The van der Waals surface area contributed by atoms with Gasteiger partial charge in [0.1, 0.15) is 0 Å². The van der Waals surface area contributed by atoms with Gasteiger partial charge in [0.05, 0.1) is 0 Å². The van der Waals surface area contributed by atoms with Crippen LogP contribution >= 0.6 is 11.6 Å². The standard InChI is InChI=1S/C18H12ClNO2/c19-15-9-6-13(7-10-15)8-11-17-20-16(18(21)22-17)12-14-4-2-1-3-5-14/h1-12H/b11-8+,16-12-. The Balaban J connectivity index is 1.78. The number of aliphatic imine (C=N–C) groups is 1. The molecular formula is C18H12ClNO2. The first-order valence-corrected chi connectivity index (χ1v) is 7.10. The lowest BCUT2D eigenvalue weighted by Crippen LogP contribution is -2.01. The second-order valence-electron chi connectivity index (χ2n) is 4.66. The topological polar surface area (TPSA) is 38.7 Å². The molecule has 0 spiro atoms. The average molecular weight is 310 g/mol. The van der Waals surface area contributed by atoms with Gasteiger partial charge in [0.15, 0.2) is 5.70 Å². The van der Waals surface area contributed by atoms with Gasteiger partial charge in [0.2, 0.25) is 5.90 Å². The minimum Gasteiger partial charge on any atom is -0.403 e. The van der Waals surface area contributed by atoms with E-state index >= 15 is 0 Å². The monoisotopic (exact) mass is 309 g/mol. The molecule has 0 amide bonds. The van der Waals surface area contributed by atoms with Crippen molar-refractivity contribution in [1.82, 2.24) is 0 Å². The molecule has 0 aromatic heterocycles. The van der Waals surface area contributed by atoms with Crippen LogP contribution in [0.4, 0.5) is 0 Å². The fraction of sp³-hybridized carbons (Fsp3) is 0. The third-order valence-electron chi connectivity index (χ3n) is 3.03. The molecule has 0 saturated carbocycles. The van der Waals surface area contributed by atoms with Gasteiger partial charge in [-0.15, -0.1) is 0 Å². The number of nitrogens with zero attached hydrogens (tertiary/aromatic N) is 1. The first-order chi connectivity index (χ1) is 10.7. The Bertz CT molecular complexity index is 774. The van der Waals surface area contributed by atoms with Crippen LogP contribution in [-0.4, -0.2) is 11.9 Å². The van der Waals surface area contributed by atoms with Crippen LogP contribution in [0.3, 0.4) is 0 Å². The van der Waals surface area contributed by atoms with E-state index in [1.54, 1.807) is 24.3 Å². The Kier molecular flexibility index (Phi) is 4.17. The predicted octanol–water partition coefficient (Wildman–Crippen LogP) is 4.35. The highest BCUT2D eigenvalue weighted by atomic mass is 35.5. The molecule has 0 radical (unpaired) electrons. The van der Waals surface area contributed by atoms with Gasteiger partial charge >= 0.3 is 5.97 Å². The number of esters is 1. The Morgan fingerprint density at radius 2 is 1.64 bits per heavy atom. The van der Waals surface area contributed by atoms with E-state index in [1.807, 2.05) is 48.5 Å². The summed E-state index contributed by atoms with van der Waals surface area (Å²) in [5, 5.41) is 0.676. The van der Waals surface area contributed by atoms with Crippen LogP contribution in [0.5, 0.6) is 0 Å². The maximum Gasteiger partial charge on any atom is 0.363 e. The first-order valence-electron chi connectivity index (χ1n) is 6.72. The van der Waals surface area contributed by atoms with Gasteiger partial charge < -0.3 is 4.74 Å². The van der Waals surface area contributed by atoms with Crippen molar-refractivity contribution in [3.8, 4) is 0 Å². The second kappa shape index (κ2) is 6.41. The molecule has 1 heterocycles. The molecular weight excluding hydrogens is 298 g/mol. The van der Waals surface area contributed by atoms with E-state index in [2.05, 4.69) is 4.99 Å². The maximum absolute atomic E-state index is 11.8. The van der Waals surface area contributed by atoms with Crippen molar-refractivity contribution in [2.45, 2.75) is 0 Å². The van der Waals surface area contributed by atoms with Gasteiger partial charge in [-0.3, -0.25) is 0 Å². The molecule has 108 valence electrons. The minimum atomic E-state index is -0.445. The molecule has 0 unspecified atom stereocenters. The molecule has 0 saturated heterocycles. The van der Waals surface area contributed by atoms with E-state index in [0.29, 0.717) is 10.7 Å². The quantitative estimate of drug-likeness (QED) is 0.624. The molecule has 3 nitrogen and oxygen atoms in total. The zero-order valence-corrected chi connectivity index (χ0v) is 12.3. The Hall–Kier alpha value is -2.65. The molecule has 0 aliphatic carbocycles. The zero-order chi connectivity index (χ0) is 15.4. The minimum absolute atomic E-state index is 0.280. The number of carbonyl (C=O) groups is 1. The third kappa shape index (κ3) is 3.51. The highest BCUT2D eigenvalue weighted by Gasteiger charge is 2.20. The van der Waals surface area contributed by atoms with Crippen molar-refractivity contribution < 1.29 is 9.53 Å². The van der Waals surface area contributed by atoms with Gasteiger partial charge in [-0.2, -0.15) is 0 Å². The SMILES string of the molecule is O=C1OC(/C=C/c2ccc(Cl)cc2)=NC/1=C\c1ccccc1. The molecule has 0 bridgehead atoms. The molecule has 3 rings (SSSR count). The Morgan fingerprint density at radius 3 is 2.36 bits per heavy atom. The molecule has 22 heavy (non-hydrogen) atoms. The summed E-state index contributed by atoms with van der Waals surface area (Å²) in [5.41, 5.74) is 2.15. The number of hydrogen-bond acceptors (Lipinski definition) is 3. The summed E-state index contributed by atoms with van der Waals surface area (Å²) in [6, 6.07) is 16.9. The van der Waals surface area contributed by atoms with Crippen LogP contribution in [0, 0.1) is 0 Å². The van der Waals surface area contributed by atoms with Crippen molar-refractivity contribution in [1.29, 1.82) is 0 Å². The molecule has 4 heteroatoms. The predicted molar refractivity (Wildman–Crippen MR) is 88.4 cm³/mol. The number of rotatable bonds is 3. The van der Waals surface area contributed by atoms with Crippen molar-refractivity contribution in [3.05, 3.63) is 82.5 Å². The second-order valence-corrected chi connectivity index (χ2v) is 5.10. The van der Waals surface area contributed by atoms with E-state index in [1.165, 1.54) is 0 Å². The molecule has 2 aromatic rings. The summed E-state index contributed by atoms with van der Waals surface area (Å²) in [7, 11) is 0. The van der Waals surface area contributed by atoms with Crippen LogP contribution in [0.1, 0.15) is 11.1 Å². The van der Waals surface area contributed by atoms with Crippen LogP contribution in [0.25, 0.3) is 12.2 Å². The van der Waals surface area contributed by atoms with Crippen molar-refractivity contribution in [2.75, 3.05) is 0 Å². The lowest BCUT2D eigenvalue weighted by molar-refractivity contribution is -0.129. The van der Waals surface area contributed by atoms with E-state index in [-0.39, 0.29) is 5.90 Å². The fourth-order valence-corrected chi connectivity index (χ4v) is 2.07. The lowest BCUT2D eigenvalue weighted by Gasteiger charge is -1.94. The van der Waals surface area contributed by atoms with Crippen LogP contribution in [0.15, 0.2) is 71.4 Å². The summed E-state index contributed by atoms with van der Waals surface area (Å²) in [5.74, 6) is -0.165. The largest absolute Gasteiger partial charge is 0.403 e. The Morgan fingerprint density at radius 1 is 0.909 bits per heavy atom. The summed E-state index contributed by atoms with van der Waals surface area (Å²) >= 11 is 5.83. The third-order valence-corrected chi connectivity index (χ3v) is 3.28. The van der Waals surface area contributed by atoms with Crippen molar-refractivity contribution in [3.63, 3.8) is 0 Å². The van der Waals surface area contributed by atoms with Gasteiger partial charge in [0.25, 0.3) is 0 Å². The number of hydrogen-bond donors (Lipinski definition) is 0. The molecule has 0 atom stereocenters. The molecule has 1 aliphatic heterocycles. The summed E-state index contributed by atoms with van der Waals surface area (Å²) in [4.78, 5) is 16.0. The summed E-state index contributed by atoms with van der Waals surface area (Å²) in [6.45, 7) is 0. The molecule has 1 aliphatic rings. The number of ether oxygens (including phenoxy) is 1. The smallest absolute Gasteiger partial charge is 0.363 e. The molecule has 0 N–H and O–H groups in total. The van der Waals surface area contributed by atoms with Gasteiger partial charge in [-0.1, -0.05) is 54.1 Å². The van der Waals surface area contributed by atoms with Gasteiger partial charge in [-0.05, 0) is 35.4 Å². The highest BCUT2D eigenvalue weighted by molar-refractivity contribution is 6.30. The Labute approximate surface area is 133 Å². The highest BCUT2D eigenvalue weighted by Crippen LogP contribution is 2.17. The number of cyclic esters (lactones) is 1. The van der Waals surface area contributed by atoms with Crippen LogP contribution in [0.2, 0.25) is 5.02 Å². The van der Waals surface area contributed by atoms with Crippen LogP contribution in [-0.2, 0) is 9.53 Å². The zero-order valence-electron chi connectivity index (χ0n) is 11.6. The van der Waals surface area contributed by atoms with Crippen molar-refractivity contribution >= 4 is 35.6 Å². The van der Waals surface area contributed by atoms with Crippen LogP contribution < -0.4 is 0 Å². The fourth-order valence-electron chi connectivity index (χ4n) is 1.95. The maximum atomic E-state index is 11.8. The van der Waals surface area contributed by atoms with Gasteiger partial charge in [0, 0.05) is 11.1 Å². The number of benzene rings is 2.